The maximum atomic E-state index is 11.1. The first-order valence-electron chi connectivity index (χ1n) is 4.07. The number of carbonyl (C=O) groups is 1. The van der Waals surface area contributed by atoms with Crippen molar-refractivity contribution in [1.82, 2.24) is 0 Å². The minimum Gasteiger partial charge on any atom is -0.305 e. The van der Waals surface area contributed by atoms with Crippen LogP contribution in [-0.2, 0) is 15.8 Å². The van der Waals surface area contributed by atoms with Gasteiger partial charge in [0.25, 0.3) is 0 Å². The minimum absolute atomic E-state index is 0.241. The van der Waals surface area contributed by atoms with E-state index >= 15 is 0 Å². The molecule has 2 nitrogen and oxygen atoms in total. The van der Waals surface area contributed by atoms with Crippen molar-refractivity contribution in [3.8, 4) is 0 Å². The smallest absolute Gasteiger partial charge is 0.221 e. The molecule has 0 aliphatic carbocycles. The van der Waals surface area contributed by atoms with E-state index in [1.165, 1.54) is 0 Å². The lowest BCUT2D eigenvalue weighted by Gasteiger charge is -2.03. The van der Waals surface area contributed by atoms with Gasteiger partial charge < -0.3 is 4.57 Å². The molecule has 0 aliphatic heterocycles. The zero-order valence-electron chi connectivity index (χ0n) is 7.30. The zero-order chi connectivity index (χ0) is 10.6. The summed E-state index contributed by atoms with van der Waals surface area (Å²) in [5.41, 5.74) is 0.834. The highest BCUT2D eigenvalue weighted by atomic mass is 35.7. The molecule has 0 bridgehead atoms. The molecule has 0 heterocycles. The van der Waals surface area contributed by atoms with E-state index in [1.807, 2.05) is 6.07 Å². The van der Waals surface area contributed by atoms with E-state index < -0.39 is 12.4 Å². The highest BCUT2D eigenvalue weighted by Crippen LogP contribution is 2.27. The van der Waals surface area contributed by atoms with Crippen LogP contribution in [0, 0.1) is 0 Å². The largest absolute Gasteiger partial charge is 0.305 e. The molecule has 1 atom stereocenters. The van der Waals surface area contributed by atoms with Crippen molar-refractivity contribution in [3.05, 3.63) is 29.8 Å². The Morgan fingerprint density at radius 3 is 2.57 bits per heavy atom. The van der Waals surface area contributed by atoms with Crippen molar-refractivity contribution < 1.29 is 9.36 Å². The van der Waals surface area contributed by atoms with Crippen LogP contribution in [-0.4, -0.2) is 5.24 Å². The summed E-state index contributed by atoms with van der Waals surface area (Å²) >= 11 is 10.8. The van der Waals surface area contributed by atoms with E-state index in [-0.39, 0.29) is 6.42 Å². The lowest BCUT2D eigenvalue weighted by molar-refractivity contribution is -0.111. The summed E-state index contributed by atoms with van der Waals surface area (Å²) < 4.78 is 11.1. The van der Waals surface area contributed by atoms with Gasteiger partial charge in [-0.15, -0.1) is 0 Å². The first-order chi connectivity index (χ1) is 6.61. The Hall–Kier alpha value is -0.300. The monoisotopic (exact) mass is 250 g/mol. The Balaban J connectivity index is 2.84. The van der Waals surface area contributed by atoms with Gasteiger partial charge in [0.1, 0.15) is 0 Å². The molecule has 0 amide bonds. The van der Waals surface area contributed by atoms with Crippen LogP contribution in [0.15, 0.2) is 24.3 Å². The molecule has 1 unspecified atom stereocenters. The third kappa shape index (κ3) is 3.45. The van der Waals surface area contributed by atoms with E-state index in [4.69, 9.17) is 22.8 Å². The molecule has 14 heavy (non-hydrogen) atoms. The van der Waals surface area contributed by atoms with Crippen molar-refractivity contribution in [3.63, 3.8) is 0 Å². The predicted octanol–water partition coefficient (Wildman–Crippen LogP) is 2.72. The molecular formula is C9H9Cl2O2P. The normalized spacial score (nSPS) is 12.4. The van der Waals surface area contributed by atoms with Crippen LogP contribution in [0.1, 0.15) is 12.0 Å². The molecule has 76 valence electrons. The van der Waals surface area contributed by atoms with E-state index in [2.05, 4.69) is 0 Å². The van der Waals surface area contributed by atoms with E-state index in [9.17, 15) is 9.36 Å². The molecular weight excluding hydrogens is 242 g/mol. The molecule has 5 heteroatoms. The second kappa shape index (κ2) is 5.55. The second-order valence-electron chi connectivity index (χ2n) is 2.79. The fourth-order valence-corrected chi connectivity index (χ4v) is 2.50. The minimum atomic E-state index is -2.22. The van der Waals surface area contributed by atoms with Gasteiger partial charge in [0.15, 0.2) is 7.15 Å². The molecule has 0 aliphatic rings. The average Bonchev–Trinajstić information content (AvgIpc) is 2.15. The molecule has 0 radical (unpaired) electrons. The summed E-state index contributed by atoms with van der Waals surface area (Å²) in [6.45, 7) is 0. The Bertz CT molecular complexity index is 366. The van der Waals surface area contributed by atoms with Gasteiger partial charge in [0, 0.05) is 11.7 Å². The van der Waals surface area contributed by atoms with Crippen molar-refractivity contribution in [1.29, 1.82) is 0 Å². The van der Waals surface area contributed by atoms with Gasteiger partial charge in [0.2, 0.25) is 5.24 Å². The standard InChI is InChI=1S/C9H9Cl2O2P/c10-9(12)6-5-7-3-1-2-4-8(7)14(11)13/h1-4,14H,5-6H2. The van der Waals surface area contributed by atoms with Crippen LogP contribution in [0.3, 0.4) is 0 Å². The topological polar surface area (TPSA) is 34.1 Å². The fraction of sp³-hybridized carbons (Fsp3) is 0.222. The average molecular weight is 251 g/mol. The Morgan fingerprint density at radius 1 is 1.36 bits per heavy atom. The van der Waals surface area contributed by atoms with Crippen LogP contribution in [0.2, 0.25) is 0 Å². The van der Waals surface area contributed by atoms with Gasteiger partial charge >= 0.3 is 0 Å². The number of halogens is 2. The molecule has 1 rings (SSSR count). The molecule has 0 N–H and O–H groups in total. The SMILES string of the molecule is O=C(Cl)CCc1ccccc1[PH](=O)Cl. The van der Waals surface area contributed by atoms with Crippen molar-refractivity contribution >= 4 is 40.5 Å². The predicted molar refractivity (Wildman–Crippen MR) is 60.1 cm³/mol. The summed E-state index contributed by atoms with van der Waals surface area (Å²) in [7, 11) is -2.22. The van der Waals surface area contributed by atoms with Gasteiger partial charge in [-0.3, -0.25) is 4.79 Å². The van der Waals surface area contributed by atoms with Crippen molar-refractivity contribution in [2.45, 2.75) is 12.8 Å². The quantitative estimate of drug-likeness (QED) is 0.609. The molecule has 1 aromatic rings. The molecule has 0 aromatic heterocycles. The Morgan fingerprint density at radius 2 is 2.00 bits per heavy atom. The summed E-state index contributed by atoms with van der Waals surface area (Å²) in [5, 5.41) is 0.228. The van der Waals surface area contributed by atoms with E-state index in [0.717, 1.165) is 5.56 Å². The number of carbonyl (C=O) groups excluding carboxylic acids is 1. The maximum absolute atomic E-state index is 11.1. The highest BCUT2D eigenvalue weighted by Gasteiger charge is 2.07. The van der Waals surface area contributed by atoms with Gasteiger partial charge in [0.05, 0.1) is 0 Å². The Labute approximate surface area is 92.8 Å². The third-order valence-electron chi connectivity index (χ3n) is 1.82. The van der Waals surface area contributed by atoms with Gasteiger partial charge in [-0.05, 0) is 23.6 Å². The molecule has 0 saturated heterocycles. The van der Waals surface area contributed by atoms with Crippen LogP contribution in [0.25, 0.3) is 0 Å². The Kier molecular flexibility index (Phi) is 4.67. The van der Waals surface area contributed by atoms with Crippen LogP contribution in [0.5, 0.6) is 0 Å². The number of aryl methyl sites for hydroxylation is 1. The molecule has 0 spiro atoms. The van der Waals surface area contributed by atoms with Gasteiger partial charge in [-0.1, -0.05) is 35.5 Å². The molecule has 0 fully saturated rings. The maximum Gasteiger partial charge on any atom is 0.221 e. The number of benzene rings is 1. The van der Waals surface area contributed by atoms with E-state index in [0.29, 0.717) is 11.7 Å². The zero-order valence-corrected chi connectivity index (χ0v) is 9.81. The summed E-state index contributed by atoms with van der Waals surface area (Å²) in [4.78, 5) is 10.6. The number of rotatable bonds is 4. The number of hydrogen-bond donors (Lipinski definition) is 0. The first-order valence-corrected chi connectivity index (χ1v) is 6.87. The lowest BCUT2D eigenvalue weighted by Crippen LogP contribution is -2.04. The molecule has 1 aromatic carbocycles. The summed E-state index contributed by atoms with van der Waals surface area (Å²) in [5.74, 6) is 0. The van der Waals surface area contributed by atoms with Gasteiger partial charge in [-0.25, -0.2) is 0 Å². The molecule has 0 saturated carbocycles. The van der Waals surface area contributed by atoms with E-state index in [1.54, 1.807) is 18.2 Å². The van der Waals surface area contributed by atoms with Crippen LogP contribution in [0.4, 0.5) is 0 Å². The highest BCUT2D eigenvalue weighted by molar-refractivity contribution is 7.80. The fourth-order valence-electron chi connectivity index (χ4n) is 1.16. The second-order valence-corrected chi connectivity index (χ2v) is 5.32. The summed E-state index contributed by atoms with van der Waals surface area (Å²) in [6.07, 6.45) is 0.728. The third-order valence-corrected chi connectivity index (χ3v) is 3.53. The van der Waals surface area contributed by atoms with Crippen molar-refractivity contribution in [2.75, 3.05) is 0 Å². The van der Waals surface area contributed by atoms with Crippen LogP contribution >= 0.6 is 30.0 Å². The van der Waals surface area contributed by atoms with Crippen LogP contribution < -0.4 is 5.30 Å². The van der Waals surface area contributed by atoms with Gasteiger partial charge in [-0.2, -0.15) is 0 Å². The lowest BCUT2D eigenvalue weighted by atomic mass is 10.1. The number of hydrogen-bond acceptors (Lipinski definition) is 2. The summed E-state index contributed by atoms with van der Waals surface area (Å²) in [6, 6.07) is 7.11. The first kappa shape index (κ1) is 11.8. The van der Waals surface area contributed by atoms with Crippen molar-refractivity contribution in [2.24, 2.45) is 0 Å².